The lowest BCUT2D eigenvalue weighted by Crippen LogP contribution is -2.18. The number of halogens is 1. The smallest absolute Gasteiger partial charge is 0.356 e. The number of anilines is 1. The standard InChI is InChI=1S/C11H11ClN2O3/c1-17-11(16)10(13)8-6-7(12)2-3-9(8)14-4-5-15/h2-3,5-6,13-14H,4H2,1H3. The predicted octanol–water partition coefficient (Wildman–Crippen LogP) is 1.49. The molecular formula is C11H11ClN2O3. The quantitative estimate of drug-likeness (QED) is 0.474. The van der Waals surface area contributed by atoms with Gasteiger partial charge in [-0.25, -0.2) is 4.79 Å². The lowest BCUT2D eigenvalue weighted by atomic mass is 10.1. The van der Waals surface area contributed by atoms with Gasteiger partial charge < -0.3 is 14.8 Å². The molecule has 0 aliphatic heterocycles. The van der Waals surface area contributed by atoms with E-state index in [9.17, 15) is 9.59 Å². The van der Waals surface area contributed by atoms with E-state index in [1.807, 2.05) is 0 Å². The average molecular weight is 255 g/mol. The summed E-state index contributed by atoms with van der Waals surface area (Å²) >= 11 is 5.80. The maximum Gasteiger partial charge on any atom is 0.356 e. The first-order chi connectivity index (χ1) is 8.10. The molecule has 6 heteroatoms. The van der Waals surface area contributed by atoms with Crippen LogP contribution in [0.1, 0.15) is 5.56 Å². The fourth-order valence-corrected chi connectivity index (χ4v) is 1.41. The second-order valence-electron chi connectivity index (χ2n) is 3.10. The van der Waals surface area contributed by atoms with E-state index in [1.165, 1.54) is 13.2 Å². The Morgan fingerprint density at radius 3 is 2.88 bits per heavy atom. The second-order valence-corrected chi connectivity index (χ2v) is 3.54. The number of aldehydes is 1. The molecule has 90 valence electrons. The van der Waals surface area contributed by atoms with Gasteiger partial charge in [-0.15, -0.1) is 0 Å². The molecule has 1 rings (SSSR count). The Morgan fingerprint density at radius 1 is 1.59 bits per heavy atom. The third kappa shape index (κ3) is 3.29. The van der Waals surface area contributed by atoms with Crippen LogP contribution in [0.3, 0.4) is 0 Å². The van der Waals surface area contributed by atoms with Crippen LogP contribution in [0.15, 0.2) is 18.2 Å². The molecule has 0 aromatic heterocycles. The minimum Gasteiger partial charge on any atom is -0.464 e. The van der Waals surface area contributed by atoms with E-state index in [4.69, 9.17) is 17.0 Å². The van der Waals surface area contributed by atoms with Crippen molar-refractivity contribution in [3.8, 4) is 0 Å². The number of nitrogens with one attached hydrogen (secondary N) is 2. The van der Waals surface area contributed by atoms with E-state index in [-0.39, 0.29) is 12.3 Å². The molecule has 1 aromatic carbocycles. The molecule has 0 radical (unpaired) electrons. The Balaban J connectivity index is 3.10. The Kier molecular flexibility index (Phi) is 4.66. The van der Waals surface area contributed by atoms with E-state index in [0.717, 1.165) is 0 Å². The van der Waals surface area contributed by atoms with E-state index in [1.54, 1.807) is 12.1 Å². The zero-order chi connectivity index (χ0) is 12.8. The molecule has 0 fully saturated rings. The zero-order valence-corrected chi connectivity index (χ0v) is 9.88. The van der Waals surface area contributed by atoms with Gasteiger partial charge in [-0.1, -0.05) is 11.6 Å². The molecule has 5 nitrogen and oxygen atoms in total. The van der Waals surface area contributed by atoms with Crippen LogP contribution in [0.25, 0.3) is 0 Å². The average Bonchev–Trinajstić information content (AvgIpc) is 2.35. The molecule has 0 atom stereocenters. The SMILES string of the molecule is COC(=O)C(=N)c1cc(Cl)ccc1NCC=O. The molecule has 0 saturated heterocycles. The molecule has 2 N–H and O–H groups in total. The van der Waals surface area contributed by atoms with Gasteiger partial charge in [0, 0.05) is 16.3 Å². The van der Waals surface area contributed by atoms with Gasteiger partial charge in [-0.05, 0) is 18.2 Å². The molecule has 0 saturated carbocycles. The van der Waals surface area contributed by atoms with Gasteiger partial charge in [0.1, 0.15) is 12.0 Å². The van der Waals surface area contributed by atoms with E-state index >= 15 is 0 Å². The highest BCUT2D eigenvalue weighted by molar-refractivity contribution is 6.43. The Bertz CT molecular complexity index is 460. The monoisotopic (exact) mass is 254 g/mol. The van der Waals surface area contributed by atoms with Crippen molar-refractivity contribution in [2.24, 2.45) is 0 Å². The molecule has 0 aliphatic carbocycles. The highest BCUT2D eigenvalue weighted by atomic mass is 35.5. The number of carbonyl (C=O) groups excluding carboxylic acids is 2. The molecule has 0 heterocycles. The summed E-state index contributed by atoms with van der Waals surface area (Å²) in [6, 6.07) is 4.66. The van der Waals surface area contributed by atoms with E-state index in [0.29, 0.717) is 22.6 Å². The maximum atomic E-state index is 11.3. The van der Waals surface area contributed by atoms with Gasteiger partial charge in [0.05, 0.1) is 13.7 Å². The number of carbonyl (C=O) groups is 2. The third-order valence-corrected chi connectivity index (χ3v) is 2.25. The fourth-order valence-electron chi connectivity index (χ4n) is 1.24. The van der Waals surface area contributed by atoms with Crippen LogP contribution in [0.4, 0.5) is 5.69 Å². The molecule has 0 aliphatic rings. The first-order valence-electron chi connectivity index (χ1n) is 4.74. The van der Waals surface area contributed by atoms with Gasteiger partial charge in [-0.3, -0.25) is 5.41 Å². The number of rotatable bonds is 5. The highest BCUT2D eigenvalue weighted by Crippen LogP contribution is 2.21. The topological polar surface area (TPSA) is 79.2 Å². The Labute approximate surface area is 103 Å². The summed E-state index contributed by atoms with van der Waals surface area (Å²) in [7, 11) is 1.19. The Hall–Kier alpha value is -1.88. The highest BCUT2D eigenvalue weighted by Gasteiger charge is 2.16. The lowest BCUT2D eigenvalue weighted by Gasteiger charge is -2.10. The van der Waals surface area contributed by atoms with Crippen LogP contribution in [0.5, 0.6) is 0 Å². The van der Waals surface area contributed by atoms with Crippen molar-refractivity contribution in [1.29, 1.82) is 5.41 Å². The summed E-state index contributed by atoms with van der Waals surface area (Å²) < 4.78 is 4.46. The number of hydrogen-bond acceptors (Lipinski definition) is 5. The predicted molar refractivity (Wildman–Crippen MR) is 64.9 cm³/mol. The van der Waals surface area contributed by atoms with Crippen molar-refractivity contribution >= 4 is 35.3 Å². The van der Waals surface area contributed by atoms with Gasteiger partial charge in [0.2, 0.25) is 0 Å². The molecule has 17 heavy (non-hydrogen) atoms. The van der Waals surface area contributed by atoms with Crippen molar-refractivity contribution in [2.45, 2.75) is 0 Å². The molecule has 0 bridgehead atoms. The zero-order valence-electron chi connectivity index (χ0n) is 9.12. The molecule has 0 unspecified atom stereocenters. The minimum absolute atomic E-state index is 0.0864. The van der Waals surface area contributed by atoms with Crippen LogP contribution in [0.2, 0.25) is 5.02 Å². The molecule has 0 amide bonds. The number of ether oxygens (including phenoxy) is 1. The fraction of sp³-hybridized carbons (Fsp3) is 0.182. The van der Waals surface area contributed by atoms with E-state index < -0.39 is 5.97 Å². The summed E-state index contributed by atoms with van der Waals surface area (Å²) in [6.07, 6.45) is 0.681. The summed E-state index contributed by atoms with van der Waals surface area (Å²) in [5.41, 5.74) is 0.464. The van der Waals surface area contributed by atoms with Crippen molar-refractivity contribution in [2.75, 3.05) is 19.0 Å². The van der Waals surface area contributed by atoms with Gasteiger partial charge in [0.25, 0.3) is 0 Å². The van der Waals surface area contributed by atoms with Crippen LogP contribution < -0.4 is 5.32 Å². The number of benzene rings is 1. The Morgan fingerprint density at radius 2 is 2.29 bits per heavy atom. The normalized spacial score (nSPS) is 9.53. The van der Waals surface area contributed by atoms with Crippen LogP contribution >= 0.6 is 11.6 Å². The number of esters is 1. The molecule has 0 spiro atoms. The van der Waals surface area contributed by atoms with Crippen molar-refractivity contribution in [3.63, 3.8) is 0 Å². The van der Waals surface area contributed by atoms with Crippen LogP contribution in [0, 0.1) is 5.41 Å². The first-order valence-corrected chi connectivity index (χ1v) is 5.12. The van der Waals surface area contributed by atoms with Gasteiger partial charge in [-0.2, -0.15) is 0 Å². The summed E-state index contributed by atoms with van der Waals surface area (Å²) in [6.45, 7) is 0.0864. The van der Waals surface area contributed by atoms with Crippen LogP contribution in [-0.4, -0.2) is 31.6 Å². The summed E-state index contributed by atoms with van der Waals surface area (Å²) in [5, 5.41) is 10.8. The molecular weight excluding hydrogens is 244 g/mol. The first kappa shape index (κ1) is 13.2. The van der Waals surface area contributed by atoms with Crippen molar-refractivity contribution in [1.82, 2.24) is 0 Å². The van der Waals surface area contributed by atoms with Crippen molar-refractivity contribution < 1.29 is 14.3 Å². The van der Waals surface area contributed by atoms with Gasteiger partial charge in [0.15, 0.2) is 0 Å². The van der Waals surface area contributed by atoms with Crippen molar-refractivity contribution in [3.05, 3.63) is 28.8 Å². The van der Waals surface area contributed by atoms with Crippen LogP contribution in [-0.2, 0) is 14.3 Å². The largest absolute Gasteiger partial charge is 0.464 e. The third-order valence-electron chi connectivity index (χ3n) is 2.02. The van der Waals surface area contributed by atoms with E-state index in [2.05, 4.69) is 10.1 Å². The minimum atomic E-state index is -0.763. The second kappa shape index (κ2) is 6.00. The number of hydrogen-bond donors (Lipinski definition) is 2. The lowest BCUT2D eigenvalue weighted by molar-refractivity contribution is -0.132. The number of methoxy groups -OCH3 is 1. The van der Waals surface area contributed by atoms with Gasteiger partial charge >= 0.3 is 5.97 Å². The summed E-state index contributed by atoms with van der Waals surface area (Å²) in [5.74, 6) is -0.763. The summed E-state index contributed by atoms with van der Waals surface area (Å²) in [4.78, 5) is 21.5. The molecule has 1 aromatic rings. The maximum absolute atomic E-state index is 11.3.